The Kier molecular flexibility index (Phi) is 3.37. The minimum Gasteiger partial charge on any atom is -0.396 e. The van der Waals surface area contributed by atoms with Gasteiger partial charge in [-0.05, 0) is 61.3 Å². The molecule has 0 saturated heterocycles. The van der Waals surface area contributed by atoms with Crippen LogP contribution in [0.15, 0.2) is 12.1 Å². The number of fused-ring (bicyclic) bond motifs is 1. The quantitative estimate of drug-likeness (QED) is 0.809. The van der Waals surface area contributed by atoms with E-state index in [0.717, 1.165) is 18.4 Å². The van der Waals surface area contributed by atoms with Crippen molar-refractivity contribution in [1.82, 2.24) is 0 Å². The molecule has 1 N–H and O–H groups in total. The molecule has 1 nitrogen and oxygen atoms in total. The summed E-state index contributed by atoms with van der Waals surface area (Å²) in [6, 6.07) is 3.70. The summed E-state index contributed by atoms with van der Waals surface area (Å²) in [5, 5.41) is 8.73. The Bertz CT molecular complexity index is 347. The van der Waals surface area contributed by atoms with Gasteiger partial charge in [0.1, 0.15) is 5.82 Å². The van der Waals surface area contributed by atoms with E-state index in [4.69, 9.17) is 5.11 Å². The second kappa shape index (κ2) is 4.75. The topological polar surface area (TPSA) is 20.2 Å². The Hall–Kier alpha value is -0.890. The van der Waals surface area contributed by atoms with Crippen LogP contribution in [0.3, 0.4) is 0 Å². The number of hydrogen-bond donors (Lipinski definition) is 1. The zero-order valence-electron chi connectivity index (χ0n) is 8.93. The molecule has 0 saturated carbocycles. The monoisotopic (exact) mass is 208 g/mol. The minimum atomic E-state index is -0.0934. The molecule has 0 aromatic heterocycles. The van der Waals surface area contributed by atoms with E-state index in [1.165, 1.54) is 24.0 Å². The second-order valence-electron chi connectivity index (χ2n) is 4.25. The normalized spacial score (nSPS) is 15.1. The van der Waals surface area contributed by atoms with E-state index in [9.17, 15) is 4.39 Å². The van der Waals surface area contributed by atoms with Gasteiger partial charge >= 0.3 is 0 Å². The molecule has 0 unspecified atom stereocenters. The smallest absolute Gasteiger partial charge is 0.126 e. The van der Waals surface area contributed by atoms with Crippen LogP contribution in [-0.2, 0) is 19.3 Å². The van der Waals surface area contributed by atoms with Crippen LogP contribution in [0.2, 0.25) is 0 Å². The van der Waals surface area contributed by atoms with Crippen LogP contribution in [0.25, 0.3) is 0 Å². The maximum absolute atomic E-state index is 13.6. The first-order valence-corrected chi connectivity index (χ1v) is 5.72. The van der Waals surface area contributed by atoms with E-state index in [-0.39, 0.29) is 12.4 Å². The van der Waals surface area contributed by atoms with Gasteiger partial charge in [0.2, 0.25) is 0 Å². The fraction of sp³-hybridized carbons (Fsp3) is 0.538. The van der Waals surface area contributed by atoms with Gasteiger partial charge in [-0.25, -0.2) is 4.39 Å². The lowest BCUT2D eigenvalue weighted by Gasteiger charge is -2.17. The third-order valence-corrected chi connectivity index (χ3v) is 3.12. The number of benzene rings is 1. The van der Waals surface area contributed by atoms with E-state index in [2.05, 4.69) is 0 Å². The van der Waals surface area contributed by atoms with Gasteiger partial charge in [-0.3, -0.25) is 0 Å². The Balaban J connectivity index is 2.24. The maximum Gasteiger partial charge on any atom is 0.126 e. The molecule has 0 spiro atoms. The Labute approximate surface area is 89.9 Å². The molecule has 0 bridgehead atoms. The fourth-order valence-corrected chi connectivity index (χ4v) is 2.27. The standard InChI is InChI=1S/C13H17FO/c14-13-9-11-5-2-1-4-10(11)8-12(13)6-3-7-15/h8-9,15H,1-7H2. The Morgan fingerprint density at radius 1 is 1.13 bits per heavy atom. The Morgan fingerprint density at radius 3 is 2.47 bits per heavy atom. The number of aliphatic hydroxyl groups is 1. The molecule has 1 aromatic rings. The molecule has 15 heavy (non-hydrogen) atoms. The lowest BCUT2D eigenvalue weighted by molar-refractivity contribution is 0.288. The molecular weight excluding hydrogens is 191 g/mol. The van der Waals surface area contributed by atoms with Crippen molar-refractivity contribution < 1.29 is 9.50 Å². The van der Waals surface area contributed by atoms with E-state index in [1.54, 1.807) is 6.07 Å². The summed E-state index contributed by atoms with van der Waals surface area (Å²) in [4.78, 5) is 0. The molecule has 2 rings (SSSR count). The maximum atomic E-state index is 13.6. The zero-order chi connectivity index (χ0) is 10.7. The van der Waals surface area contributed by atoms with Crippen LogP contribution in [-0.4, -0.2) is 11.7 Å². The summed E-state index contributed by atoms with van der Waals surface area (Å²) in [6.07, 6.45) is 5.81. The summed E-state index contributed by atoms with van der Waals surface area (Å²) in [7, 11) is 0. The van der Waals surface area contributed by atoms with E-state index in [0.29, 0.717) is 12.8 Å². The average molecular weight is 208 g/mol. The van der Waals surface area contributed by atoms with Gasteiger partial charge in [-0.2, -0.15) is 0 Å². The first-order chi connectivity index (χ1) is 7.31. The van der Waals surface area contributed by atoms with Gasteiger partial charge in [0.25, 0.3) is 0 Å². The van der Waals surface area contributed by atoms with Crippen LogP contribution in [0.1, 0.15) is 36.0 Å². The van der Waals surface area contributed by atoms with Crippen LogP contribution in [0, 0.1) is 5.82 Å². The third kappa shape index (κ3) is 2.37. The van der Waals surface area contributed by atoms with Crippen molar-refractivity contribution in [3.63, 3.8) is 0 Å². The summed E-state index contributed by atoms with van der Waals surface area (Å²) >= 11 is 0. The van der Waals surface area contributed by atoms with Crippen molar-refractivity contribution in [2.45, 2.75) is 38.5 Å². The molecule has 1 aliphatic rings. The highest BCUT2D eigenvalue weighted by Gasteiger charge is 2.12. The van der Waals surface area contributed by atoms with Crippen LogP contribution >= 0.6 is 0 Å². The van der Waals surface area contributed by atoms with Gasteiger partial charge < -0.3 is 5.11 Å². The van der Waals surface area contributed by atoms with Crippen molar-refractivity contribution in [2.24, 2.45) is 0 Å². The average Bonchev–Trinajstić information content (AvgIpc) is 2.26. The minimum absolute atomic E-state index is 0.0934. The van der Waals surface area contributed by atoms with Crippen molar-refractivity contribution in [2.75, 3.05) is 6.61 Å². The van der Waals surface area contributed by atoms with Crippen LogP contribution < -0.4 is 0 Å². The Morgan fingerprint density at radius 2 is 1.80 bits per heavy atom. The zero-order valence-corrected chi connectivity index (χ0v) is 8.93. The van der Waals surface area contributed by atoms with Crippen LogP contribution in [0.5, 0.6) is 0 Å². The van der Waals surface area contributed by atoms with Gasteiger partial charge in [0.05, 0.1) is 0 Å². The lowest BCUT2D eigenvalue weighted by atomic mass is 9.89. The molecule has 2 heteroatoms. The number of aliphatic hydroxyl groups excluding tert-OH is 1. The first-order valence-electron chi connectivity index (χ1n) is 5.72. The summed E-state index contributed by atoms with van der Waals surface area (Å²) < 4.78 is 13.6. The van der Waals surface area contributed by atoms with Crippen molar-refractivity contribution >= 4 is 0 Å². The molecular formula is C13H17FO. The molecule has 0 atom stereocenters. The number of aryl methyl sites for hydroxylation is 3. The second-order valence-corrected chi connectivity index (χ2v) is 4.25. The first kappa shape index (κ1) is 10.6. The molecule has 0 radical (unpaired) electrons. The number of rotatable bonds is 3. The van der Waals surface area contributed by atoms with Crippen LogP contribution in [0.4, 0.5) is 4.39 Å². The van der Waals surface area contributed by atoms with Crippen molar-refractivity contribution in [3.8, 4) is 0 Å². The van der Waals surface area contributed by atoms with Crippen molar-refractivity contribution in [1.29, 1.82) is 0 Å². The highest BCUT2D eigenvalue weighted by Crippen LogP contribution is 2.24. The molecule has 0 heterocycles. The largest absolute Gasteiger partial charge is 0.396 e. The van der Waals surface area contributed by atoms with Gasteiger partial charge in [0, 0.05) is 6.61 Å². The van der Waals surface area contributed by atoms with E-state index < -0.39 is 0 Å². The highest BCUT2D eigenvalue weighted by molar-refractivity contribution is 5.35. The number of hydrogen-bond acceptors (Lipinski definition) is 1. The molecule has 0 aliphatic heterocycles. The molecule has 1 aliphatic carbocycles. The van der Waals surface area contributed by atoms with Crippen molar-refractivity contribution in [3.05, 3.63) is 34.6 Å². The highest BCUT2D eigenvalue weighted by atomic mass is 19.1. The fourth-order valence-electron chi connectivity index (χ4n) is 2.27. The predicted molar refractivity (Wildman–Crippen MR) is 58.4 cm³/mol. The SMILES string of the molecule is OCCCc1cc2c(cc1F)CCCC2. The number of halogens is 1. The van der Waals surface area contributed by atoms with Gasteiger partial charge in [0.15, 0.2) is 0 Å². The molecule has 82 valence electrons. The summed E-state index contributed by atoms with van der Waals surface area (Å²) in [5.41, 5.74) is 3.27. The molecule has 1 aromatic carbocycles. The summed E-state index contributed by atoms with van der Waals surface area (Å²) in [5.74, 6) is -0.0934. The third-order valence-electron chi connectivity index (χ3n) is 3.12. The lowest BCUT2D eigenvalue weighted by Crippen LogP contribution is -2.05. The summed E-state index contributed by atoms with van der Waals surface area (Å²) in [6.45, 7) is 0.135. The van der Waals surface area contributed by atoms with Gasteiger partial charge in [-0.15, -0.1) is 0 Å². The van der Waals surface area contributed by atoms with Gasteiger partial charge in [-0.1, -0.05) is 6.07 Å². The predicted octanol–water partition coefficient (Wildman–Crippen LogP) is 2.63. The van der Waals surface area contributed by atoms with E-state index >= 15 is 0 Å². The molecule has 0 amide bonds. The molecule has 0 fully saturated rings. The van der Waals surface area contributed by atoms with E-state index in [1.807, 2.05) is 6.07 Å².